The molecule has 2 N–H and O–H groups in total. The summed E-state index contributed by atoms with van der Waals surface area (Å²) in [6.07, 6.45) is 3.08. The van der Waals surface area contributed by atoms with E-state index in [0.717, 1.165) is 22.3 Å². The van der Waals surface area contributed by atoms with Crippen molar-refractivity contribution in [1.29, 1.82) is 0 Å². The molecule has 0 aromatic heterocycles. The molecule has 47 heavy (non-hydrogen) atoms. The van der Waals surface area contributed by atoms with Gasteiger partial charge in [-0.25, -0.2) is 8.42 Å². The molecule has 232 valence electrons. The lowest BCUT2D eigenvalue weighted by Gasteiger charge is -2.10. The summed E-state index contributed by atoms with van der Waals surface area (Å²) >= 11 is 0. The van der Waals surface area contributed by atoms with E-state index >= 15 is 0 Å². The molecule has 0 radical (unpaired) electrons. The van der Waals surface area contributed by atoms with Crippen molar-refractivity contribution in [2.24, 2.45) is 9.98 Å². The molecule has 7 heteroatoms. The third-order valence-corrected chi connectivity index (χ3v) is 9.45. The number of sulfone groups is 1. The van der Waals surface area contributed by atoms with Gasteiger partial charge in [0.15, 0.2) is 0 Å². The Balaban J connectivity index is 1.26. The molecule has 0 fully saturated rings. The Kier molecular flexibility index (Phi) is 8.82. The van der Waals surface area contributed by atoms with E-state index in [0.29, 0.717) is 33.6 Å². The van der Waals surface area contributed by atoms with Gasteiger partial charge in [-0.2, -0.15) is 0 Å². The van der Waals surface area contributed by atoms with E-state index in [1.54, 1.807) is 36.7 Å². The summed E-state index contributed by atoms with van der Waals surface area (Å²) in [7, 11) is -3.91. The lowest BCUT2D eigenvalue weighted by Crippen LogP contribution is -2.01. The average Bonchev–Trinajstić information content (AvgIpc) is 3.09. The van der Waals surface area contributed by atoms with Crippen molar-refractivity contribution < 1.29 is 18.6 Å². The standard InChI is InChI=1S/C40H32N2O4S/c1-27-19-31(39(43)37(21-27)29-11-5-3-6-12-29)25-41-33-15-9-17-35(23-33)47(45,46)36-18-10-16-34(24-36)42-26-32-20-28(2)22-38(40(32)44)30-13-7-4-8-14-30/h3-26,43-44H,1-2H3. The third-order valence-electron chi connectivity index (χ3n) is 7.70. The van der Waals surface area contributed by atoms with Crippen molar-refractivity contribution in [2.45, 2.75) is 23.6 Å². The quantitative estimate of drug-likeness (QED) is 0.163. The van der Waals surface area contributed by atoms with E-state index in [4.69, 9.17) is 0 Å². The second-order valence-electron chi connectivity index (χ2n) is 11.2. The van der Waals surface area contributed by atoms with Crippen molar-refractivity contribution in [1.82, 2.24) is 0 Å². The number of aromatic hydroxyl groups is 2. The van der Waals surface area contributed by atoms with Crippen LogP contribution in [0.15, 0.2) is 153 Å². The Morgan fingerprint density at radius 2 is 0.915 bits per heavy atom. The summed E-state index contributed by atoms with van der Waals surface area (Å²) in [5, 5.41) is 22.0. The van der Waals surface area contributed by atoms with Gasteiger partial charge < -0.3 is 10.2 Å². The van der Waals surface area contributed by atoms with Gasteiger partial charge in [0, 0.05) is 34.7 Å². The smallest absolute Gasteiger partial charge is 0.206 e. The molecule has 6 nitrogen and oxygen atoms in total. The van der Waals surface area contributed by atoms with Crippen LogP contribution in [-0.2, 0) is 9.84 Å². The van der Waals surface area contributed by atoms with Gasteiger partial charge in [-0.15, -0.1) is 0 Å². The average molecular weight is 637 g/mol. The van der Waals surface area contributed by atoms with Gasteiger partial charge >= 0.3 is 0 Å². The zero-order valence-corrected chi connectivity index (χ0v) is 26.7. The molecule has 0 aliphatic rings. The number of hydrogen-bond acceptors (Lipinski definition) is 6. The number of aliphatic imine (C=N–C) groups is 2. The van der Waals surface area contributed by atoms with Crippen LogP contribution in [0.4, 0.5) is 11.4 Å². The zero-order chi connectivity index (χ0) is 33.0. The van der Waals surface area contributed by atoms with Gasteiger partial charge in [-0.1, -0.05) is 72.8 Å². The molecule has 0 amide bonds. The van der Waals surface area contributed by atoms with E-state index in [1.807, 2.05) is 98.8 Å². The first-order valence-corrected chi connectivity index (χ1v) is 16.5. The third kappa shape index (κ3) is 6.90. The van der Waals surface area contributed by atoms with Crippen molar-refractivity contribution >= 4 is 33.6 Å². The van der Waals surface area contributed by atoms with Crippen molar-refractivity contribution in [2.75, 3.05) is 0 Å². The van der Waals surface area contributed by atoms with Crippen LogP contribution in [-0.4, -0.2) is 31.1 Å². The molecular weight excluding hydrogens is 605 g/mol. The number of phenolic OH excluding ortho intramolecular Hbond substituents is 2. The lowest BCUT2D eigenvalue weighted by molar-refractivity contribution is 0.476. The first-order chi connectivity index (χ1) is 22.7. The Morgan fingerprint density at radius 1 is 0.511 bits per heavy atom. The molecule has 0 aliphatic heterocycles. The number of aryl methyl sites for hydroxylation is 2. The number of hydrogen-bond donors (Lipinski definition) is 2. The molecule has 0 saturated heterocycles. The van der Waals surface area contributed by atoms with Crippen LogP contribution < -0.4 is 0 Å². The van der Waals surface area contributed by atoms with Crippen LogP contribution in [0.1, 0.15) is 22.3 Å². The minimum Gasteiger partial charge on any atom is -0.507 e. The summed E-state index contributed by atoms with van der Waals surface area (Å²) in [4.78, 5) is 9.18. The Bertz CT molecular complexity index is 2090. The Labute approximate surface area is 274 Å². The summed E-state index contributed by atoms with van der Waals surface area (Å²) in [5.74, 6) is 0.198. The molecule has 6 rings (SSSR count). The minimum atomic E-state index is -3.91. The molecule has 6 aromatic rings. The monoisotopic (exact) mass is 636 g/mol. The highest BCUT2D eigenvalue weighted by atomic mass is 32.2. The molecule has 0 heterocycles. The summed E-state index contributed by atoms with van der Waals surface area (Å²) in [5.41, 5.74) is 6.97. The predicted molar refractivity (Wildman–Crippen MR) is 189 cm³/mol. The summed E-state index contributed by atoms with van der Waals surface area (Å²) in [6, 6.07) is 39.4. The van der Waals surface area contributed by atoms with Gasteiger partial charge in [-0.3, -0.25) is 9.98 Å². The topological polar surface area (TPSA) is 99.3 Å². The van der Waals surface area contributed by atoms with Crippen LogP contribution in [0.2, 0.25) is 0 Å². The first-order valence-electron chi connectivity index (χ1n) is 15.0. The molecule has 0 saturated carbocycles. The maximum absolute atomic E-state index is 13.7. The van der Waals surface area contributed by atoms with Crippen LogP contribution in [0.25, 0.3) is 22.3 Å². The maximum atomic E-state index is 13.7. The van der Waals surface area contributed by atoms with E-state index in [-0.39, 0.29) is 21.3 Å². The normalized spacial score (nSPS) is 11.8. The van der Waals surface area contributed by atoms with Gasteiger partial charge in [0.1, 0.15) is 11.5 Å². The molecule has 0 unspecified atom stereocenters. The minimum absolute atomic E-state index is 0.0792. The van der Waals surface area contributed by atoms with Crippen LogP contribution in [0.5, 0.6) is 11.5 Å². The van der Waals surface area contributed by atoms with Gasteiger partial charge in [-0.05, 0) is 96.8 Å². The van der Waals surface area contributed by atoms with Crippen LogP contribution in [0, 0.1) is 13.8 Å². The van der Waals surface area contributed by atoms with Gasteiger partial charge in [0.25, 0.3) is 0 Å². The molecule has 0 spiro atoms. The van der Waals surface area contributed by atoms with E-state index in [9.17, 15) is 18.6 Å². The van der Waals surface area contributed by atoms with E-state index in [2.05, 4.69) is 9.98 Å². The zero-order valence-electron chi connectivity index (χ0n) is 25.9. The fraction of sp³-hybridized carbons (Fsp3) is 0.0500. The predicted octanol–water partition coefficient (Wildman–Crippen LogP) is 9.38. The van der Waals surface area contributed by atoms with Crippen molar-refractivity contribution in [3.05, 3.63) is 156 Å². The maximum Gasteiger partial charge on any atom is 0.206 e. The van der Waals surface area contributed by atoms with Gasteiger partial charge in [0.05, 0.1) is 21.2 Å². The van der Waals surface area contributed by atoms with E-state index < -0.39 is 9.84 Å². The summed E-state index contributed by atoms with van der Waals surface area (Å²) < 4.78 is 27.4. The highest BCUT2D eigenvalue weighted by Gasteiger charge is 2.19. The second-order valence-corrected chi connectivity index (χ2v) is 13.2. The number of benzene rings is 6. The highest BCUT2D eigenvalue weighted by Crippen LogP contribution is 2.35. The molecule has 0 atom stereocenters. The Morgan fingerprint density at radius 3 is 1.32 bits per heavy atom. The molecule has 0 aliphatic carbocycles. The first kappa shape index (κ1) is 31.2. The molecule has 6 aromatic carbocycles. The number of nitrogens with zero attached hydrogens (tertiary/aromatic N) is 2. The van der Waals surface area contributed by atoms with Crippen LogP contribution in [0.3, 0.4) is 0 Å². The van der Waals surface area contributed by atoms with Crippen molar-refractivity contribution in [3.8, 4) is 33.8 Å². The fourth-order valence-corrected chi connectivity index (χ4v) is 6.71. The fourth-order valence-electron chi connectivity index (χ4n) is 5.37. The number of phenols is 2. The lowest BCUT2D eigenvalue weighted by atomic mass is 9.99. The molecule has 0 bridgehead atoms. The molecular formula is C40H32N2O4S. The second kappa shape index (κ2) is 13.3. The van der Waals surface area contributed by atoms with Crippen molar-refractivity contribution in [3.63, 3.8) is 0 Å². The van der Waals surface area contributed by atoms with Gasteiger partial charge in [0.2, 0.25) is 9.84 Å². The number of rotatable bonds is 8. The Hall–Kier alpha value is -5.79. The SMILES string of the molecule is Cc1cc(C=Nc2cccc(S(=O)(=O)c3cccc(N=Cc4cc(C)cc(-c5ccccc5)c4O)c3)c2)c(O)c(-c2ccccc2)c1. The largest absolute Gasteiger partial charge is 0.507 e. The highest BCUT2D eigenvalue weighted by molar-refractivity contribution is 7.91. The van der Waals surface area contributed by atoms with E-state index in [1.165, 1.54) is 24.3 Å². The van der Waals surface area contributed by atoms with Crippen LogP contribution >= 0.6 is 0 Å². The summed E-state index contributed by atoms with van der Waals surface area (Å²) in [6.45, 7) is 3.89.